The Morgan fingerprint density at radius 2 is 1.56 bits per heavy atom. The summed E-state index contributed by atoms with van der Waals surface area (Å²) in [6.07, 6.45) is 2.94. The third kappa shape index (κ3) is 7.38. The van der Waals surface area contributed by atoms with Crippen molar-refractivity contribution < 1.29 is 17.9 Å². The molecule has 0 bridgehead atoms. The number of sulfone groups is 1. The third-order valence-electron chi connectivity index (χ3n) is 10.1. The van der Waals surface area contributed by atoms with E-state index in [2.05, 4.69) is 30.9 Å². The number of ether oxygens (including phenoxy) is 1. The molecule has 0 spiro atoms. The topological polar surface area (TPSA) is 85.8 Å². The first kappa shape index (κ1) is 38.4. The molecule has 3 atom stereocenters. The summed E-state index contributed by atoms with van der Waals surface area (Å²) in [5.74, 6) is 0.595. The molecule has 3 aromatic rings. The van der Waals surface area contributed by atoms with Crippen molar-refractivity contribution in [1.29, 1.82) is 0 Å². The first-order valence-corrected chi connectivity index (χ1v) is 19.8. The Bertz CT molecular complexity index is 1860. The lowest BCUT2D eigenvalue weighted by molar-refractivity contribution is 0.111. The molecule has 1 saturated heterocycles. The standard InChI is InChI=1S/C37H46Cl3N5O4S/c1-8-49-32-23-31(40)33(50(7,47)48)22-30(32)34-41-36(2,25-10-14-27(38)15-11-25)37(3,26-12-16-28(39)17-13-26)45(34)35(46)44-21-18-29(24-44)43(6)20-9-19-42(4)5/h10-17,22-23,29H,8-9,18-21,24H2,1-7H3/t29?,36-,37+/m0/s1. The van der Waals surface area contributed by atoms with Crippen LogP contribution in [-0.2, 0) is 20.9 Å². The number of carbonyl (C=O) groups is 1. The van der Waals surface area contributed by atoms with Gasteiger partial charge in [-0.2, -0.15) is 0 Å². The van der Waals surface area contributed by atoms with Crippen LogP contribution in [0.1, 0.15) is 50.3 Å². The second kappa shape index (κ2) is 15.0. The predicted octanol–water partition coefficient (Wildman–Crippen LogP) is 7.42. The van der Waals surface area contributed by atoms with Gasteiger partial charge in [0, 0.05) is 41.5 Å². The van der Waals surface area contributed by atoms with Gasteiger partial charge in [0.05, 0.1) is 22.1 Å². The van der Waals surface area contributed by atoms with Crippen molar-refractivity contribution in [3.63, 3.8) is 0 Å². The highest BCUT2D eigenvalue weighted by molar-refractivity contribution is 7.90. The maximum atomic E-state index is 15.3. The minimum absolute atomic E-state index is 0.0248. The fraction of sp³-hybridized carbons (Fsp3) is 0.459. The number of halogens is 3. The van der Waals surface area contributed by atoms with Gasteiger partial charge in [0.1, 0.15) is 22.7 Å². The molecule has 0 N–H and O–H groups in total. The number of carbonyl (C=O) groups excluding carboxylic acids is 1. The molecule has 3 aromatic carbocycles. The van der Waals surface area contributed by atoms with Crippen LogP contribution >= 0.6 is 34.8 Å². The van der Waals surface area contributed by atoms with E-state index in [-0.39, 0.29) is 34.4 Å². The highest BCUT2D eigenvalue weighted by atomic mass is 35.5. The number of urea groups is 1. The van der Waals surface area contributed by atoms with Crippen LogP contribution in [0.15, 0.2) is 70.6 Å². The molecule has 0 saturated carbocycles. The molecule has 0 radical (unpaired) electrons. The van der Waals surface area contributed by atoms with E-state index in [9.17, 15) is 8.42 Å². The summed E-state index contributed by atoms with van der Waals surface area (Å²) < 4.78 is 32.1. The van der Waals surface area contributed by atoms with Gasteiger partial charge in [-0.25, -0.2) is 13.2 Å². The van der Waals surface area contributed by atoms with Crippen molar-refractivity contribution in [2.75, 3.05) is 60.2 Å². The molecule has 270 valence electrons. The molecule has 13 heteroatoms. The molecule has 1 unspecified atom stereocenters. The van der Waals surface area contributed by atoms with E-state index in [0.717, 1.165) is 43.3 Å². The van der Waals surface area contributed by atoms with E-state index in [1.165, 1.54) is 12.1 Å². The van der Waals surface area contributed by atoms with E-state index in [1.807, 2.05) is 49.9 Å². The Hall–Kier alpha value is -2.86. The molecule has 50 heavy (non-hydrogen) atoms. The zero-order valence-electron chi connectivity index (χ0n) is 29.7. The van der Waals surface area contributed by atoms with Gasteiger partial charge < -0.3 is 19.4 Å². The summed E-state index contributed by atoms with van der Waals surface area (Å²) in [5.41, 5.74) is -0.283. The molecule has 5 rings (SSSR count). The average Bonchev–Trinajstić information content (AvgIpc) is 3.63. The van der Waals surface area contributed by atoms with Crippen molar-refractivity contribution in [2.45, 2.75) is 55.6 Å². The van der Waals surface area contributed by atoms with Crippen molar-refractivity contribution in [3.8, 4) is 5.75 Å². The molecule has 9 nitrogen and oxygen atoms in total. The molecular weight excluding hydrogens is 717 g/mol. The van der Waals surface area contributed by atoms with Gasteiger partial charge in [-0.05, 0) is 109 Å². The largest absolute Gasteiger partial charge is 0.493 e. The number of amidine groups is 1. The van der Waals surface area contributed by atoms with Crippen molar-refractivity contribution >= 4 is 56.5 Å². The van der Waals surface area contributed by atoms with Crippen LogP contribution in [0.4, 0.5) is 4.79 Å². The quantitative estimate of drug-likeness (QED) is 0.202. The Balaban J connectivity index is 1.72. The number of nitrogens with zero attached hydrogens (tertiary/aromatic N) is 5. The normalized spacial score (nSPS) is 22.5. The van der Waals surface area contributed by atoms with Gasteiger partial charge in [0.15, 0.2) is 9.84 Å². The maximum Gasteiger partial charge on any atom is 0.326 e. The minimum atomic E-state index is -3.77. The second-order valence-corrected chi connectivity index (χ2v) is 17.0. The molecule has 2 amide bonds. The lowest BCUT2D eigenvalue weighted by Crippen LogP contribution is -2.58. The van der Waals surface area contributed by atoms with Crippen molar-refractivity contribution in [1.82, 2.24) is 19.6 Å². The first-order chi connectivity index (χ1) is 23.5. The number of benzene rings is 3. The van der Waals surface area contributed by atoms with Crippen LogP contribution in [0, 0.1) is 0 Å². The fourth-order valence-corrected chi connectivity index (χ4v) is 8.64. The number of hydrogen-bond donors (Lipinski definition) is 0. The monoisotopic (exact) mass is 761 g/mol. The highest BCUT2D eigenvalue weighted by Crippen LogP contribution is 2.54. The molecule has 2 aliphatic rings. The van der Waals surface area contributed by atoms with Crippen LogP contribution in [0.5, 0.6) is 5.75 Å². The summed E-state index contributed by atoms with van der Waals surface area (Å²) >= 11 is 19.3. The number of hydrogen-bond acceptors (Lipinski definition) is 7. The molecule has 2 heterocycles. The van der Waals surface area contributed by atoms with E-state index in [4.69, 9.17) is 44.5 Å². The smallest absolute Gasteiger partial charge is 0.326 e. The summed E-state index contributed by atoms with van der Waals surface area (Å²) in [4.78, 5) is 28.7. The lowest BCUT2D eigenvalue weighted by atomic mass is 9.71. The van der Waals surface area contributed by atoms with Gasteiger partial charge >= 0.3 is 6.03 Å². The second-order valence-electron chi connectivity index (χ2n) is 13.7. The zero-order valence-corrected chi connectivity index (χ0v) is 32.8. The van der Waals surface area contributed by atoms with E-state index < -0.39 is 20.9 Å². The van der Waals surface area contributed by atoms with Crippen LogP contribution < -0.4 is 4.74 Å². The summed E-state index contributed by atoms with van der Waals surface area (Å²) in [7, 11) is 2.48. The van der Waals surface area contributed by atoms with E-state index >= 15 is 4.79 Å². The number of likely N-dealkylation sites (tertiary alicyclic amines) is 1. The highest BCUT2D eigenvalue weighted by Gasteiger charge is 2.60. The third-order valence-corrected chi connectivity index (χ3v) is 12.2. The fourth-order valence-electron chi connectivity index (χ4n) is 7.07. The molecule has 0 aromatic heterocycles. The number of aliphatic imine (C=N–C) groups is 1. The van der Waals surface area contributed by atoms with Crippen LogP contribution in [0.3, 0.4) is 0 Å². The van der Waals surface area contributed by atoms with E-state index in [1.54, 1.807) is 29.2 Å². The van der Waals surface area contributed by atoms with Gasteiger partial charge in [-0.1, -0.05) is 59.1 Å². The van der Waals surface area contributed by atoms with Gasteiger partial charge in [-0.15, -0.1) is 0 Å². The zero-order chi connectivity index (χ0) is 36.6. The Kier molecular flexibility index (Phi) is 11.5. The average molecular weight is 763 g/mol. The Labute approximate surface area is 311 Å². The molecule has 2 aliphatic heterocycles. The van der Waals surface area contributed by atoms with Gasteiger partial charge in [0.2, 0.25) is 0 Å². The molecular formula is C37H46Cl3N5O4S. The number of rotatable bonds is 11. The van der Waals surface area contributed by atoms with Crippen LogP contribution in [0.25, 0.3) is 0 Å². The van der Waals surface area contributed by atoms with Gasteiger partial charge in [-0.3, -0.25) is 9.89 Å². The maximum absolute atomic E-state index is 15.3. The Morgan fingerprint density at radius 3 is 2.12 bits per heavy atom. The van der Waals surface area contributed by atoms with Gasteiger partial charge in [0.25, 0.3) is 0 Å². The minimum Gasteiger partial charge on any atom is -0.493 e. The molecule has 0 aliphatic carbocycles. The summed E-state index contributed by atoms with van der Waals surface area (Å²) in [5, 5.41) is 1.14. The van der Waals surface area contributed by atoms with Crippen LogP contribution in [-0.4, -0.2) is 106 Å². The number of likely N-dealkylation sites (N-methyl/N-ethyl adjacent to an activating group) is 1. The van der Waals surface area contributed by atoms with Crippen molar-refractivity contribution in [3.05, 3.63) is 92.4 Å². The summed E-state index contributed by atoms with van der Waals surface area (Å²) in [6.45, 7) is 9.06. The van der Waals surface area contributed by atoms with E-state index in [0.29, 0.717) is 34.4 Å². The molecule has 1 fully saturated rings. The van der Waals surface area contributed by atoms with Crippen LogP contribution in [0.2, 0.25) is 15.1 Å². The Morgan fingerprint density at radius 1 is 0.960 bits per heavy atom. The van der Waals surface area contributed by atoms with Crippen molar-refractivity contribution in [2.24, 2.45) is 4.99 Å². The number of amides is 2. The predicted molar refractivity (Wildman–Crippen MR) is 203 cm³/mol. The summed E-state index contributed by atoms with van der Waals surface area (Å²) in [6, 6.07) is 17.7. The first-order valence-electron chi connectivity index (χ1n) is 16.7. The lowest BCUT2D eigenvalue weighted by Gasteiger charge is -2.46. The SMILES string of the molecule is CCOc1cc(Cl)c(S(C)(=O)=O)cc1C1=N[C@@](C)(c2ccc(Cl)cc2)[C@@](C)(c2ccc(Cl)cc2)N1C(=O)N1CCC(N(C)CCCN(C)C)C1.